The van der Waals surface area contributed by atoms with E-state index in [0.29, 0.717) is 5.56 Å². The summed E-state index contributed by atoms with van der Waals surface area (Å²) in [4.78, 5) is 10.8. The van der Waals surface area contributed by atoms with Gasteiger partial charge in [0.05, 0.1) is 0 Å². The van der Waals surface area contributed by atoms with E-state index in [1.165, 1.54) is 5.57 Å². The molecule has 0 unspecified atom stereocenters. The lowest BCUT2D eigenvalue weighted by Gasteiger charge is -2.01. The predicted octanol–water partition coefficient (Wildman–Crippen LogP) is 3.41. The first kappa shape index (κ1) is 9.22. The third-order valence-corrected chi connectivity index (χ3v) is 2.47. The van der Waals surface area contributed by atoms with Crippen molar-refractivity contribution in [2.45, 2.75) is 6.42 Å². The van der Waals surface area contributed by atoms with Crippen LogP contribution in [0.3, 0.4) is 0 Å². The van der Waals surface area contributed by atoms with Gasteiger partial charge in [-0.1, -0.05) is 30.4 Å². The largest absolute Gasteiger partial charge is 0.276 e. The quantitative estimate of drug-likeness (QED) is 0.675. The van der Waals surface area contributed by atoms with Gasteiger partial charge in [0.15, 0.2) is 0 Å². The monoisotopic (exact) mass is 204 g/mol. The van der Waals surface area contributed by atoms with Crippen molar-refractivity contribution in [3.8, 4) is 0 Å². The van der Waals surface area contributed by atoms with Gasteiger partial charge in [-0.2, -0.15) is 0 Å². The number of carbonyl (C=O) groups excluding carboxylic acids is 1. The molecule has 2 heteroatoms. The molecule has 0 aliphatic heterocycles. The lowest BCUT2D eigenvalue weighted by molar-refractivity contribution is 0.108. The number of benzene rings is 1. The Labute approximate surface area is 87.7 Å². The Morgan fingerprint density at radius 3 is 2.43 bits per heavy atom. The van der Waals surface area contributed by atoms with Crippen LogP contribution in [0.25, 0.3) is 5.57 Å². The molecule has 1 aliphatic carbocycles. The molecule has 0 spiro atoms. The van der Waals surface area contributed by atoms with Gasteiger partial charge in [0, 0.05) is 5.56 Å². The van der Waals surface area contributed by atoms with Crippen molar-refractivity contribution >= 4 is 22.4 Å². The molecule has 1 aliphatic rings. The molecule has 1 nitrogen and oxygen atoms in total. The molecule has 0 N–H and O–H groups in total. The third kappa shape index (κ3) is 1.78. The number of hydrogen-bond acceptors (Lipinski definition) is 1. The summed E-state index contributed by atoms with van der Waals surface area (Å²) in [6.07, 6.45) is 7.19. The third-order valence-electron chi connectivity index (χ3n) is 2.25. The Morgan fingerprint density at radius 2 is 1.93 bits per heavy atom. The van der Waals surface area contributed by atoms with E-state index in [-0.39, 0.29) is 0 Å². The minimum atomic E-state index is -0.407. The Kier molecular flexibility index (Phi) is 2.51. The molecular formula is C12H9ClO. The molecule has 0 fully saturated rings. The molecule has 2 rings (SSSR count). The maximum Gasteiger partial charge on any atom is 0.252 e. The molecule has 1 aromatic rings. The van der Waals surface area contributed by atoms with Gasteiger partial charge in [-0.15, -0.1) is 0 Å². The first-order chi connectivity index (χ1) is 6.77. The van der Waals surface area contributed by atoms with Crippen LogP contribution in [0, 0.1) is 0 Å². The smallest absolute Gasteiger partial charge is 0.252 e. The summed E-state index contributed by atoms with van der Waals surface area (Å²) in [6.45, 7) is 0. The molecule has 0 radical (unpaired) electrons. The second-order valence-electron chi connectivity index (χ2n) is 3.18. The van der Waals surface area contributed by atoms with E-state index in [2.05, 4.69) is 12.2 Å². The molecule has 0 saturated carbocycles. The van der Waals surface area contributed by atoms with Gasteiger partial charge in [0.25, 0.3) is 5.24 Å². The lowest BCUT2D eigenvalue weighted by atomic mass is 10.0. The summed E-state index contributed by atoms with van der Waals surface area (Å²) in [5.41, 5.74) is 2.97. The SMILES string of the molecule is O=C(Cl)c1ccc(C2=CC=CC2)cc1. The molecule has 0 saturated heterocycles. The number of rotatable bonds is 2. The van der Waals surface area contributed by atoms with Crippen molar-refractivity contribution in [2.75, 3.05) is 0 Å². The molecule has 1 aromatic carbocycles. The Hall–Kier alpha value is -1.34. The standard InChI is InChI=1S/C12H9ClO/c13-12(14)11-7-5-10(6-8-11)9-3-1-2-4-9/h1-3,5-8H,4H2. The summed E-state index contributed by atoms with van der Waals surface area (Å²) in [5.74, 6) is 0. The van der Waals surface area contributed by atoms with Gasteiger partial charge in [0.2, 0.25) is 0 Å². The van der Waals surface area contributed by atoms with Gasteiger partial charge in [-0.3, -0.25) is 4.79 Å². The Bertz CT molecular complexity index is 412. The zero-order valence-electron chi connectivity index (χ0n) is 7.53. The fourth-order valence-corrected chi connectivity index (χ4v) is 1.60. The highest BCUT2D eigenvalue weighted by molar-refractivity contribution is 6.67. The zero-order valence-corrected chi connectivity index (χ0v) is 8.29. The highest BCUT2D eigenvalue weighted by Gasteiger charge is 2.04. The minimum Gasteiger partial charge on any atom is -0.276 e. The van der Waals surface area contributed by atoms with Crippen LogP contribution < -0.4 is 0 Å². The van der Waals surface area contributed by atoms with Crippen molar-refractivity contribution < 1.29 is 4.79 Å². The lowest BCUT2D eigenvalue weighted by Crippen LogP contribution is -1.89. The fourth-order valence-electron chi connectivity index (χ4n) is 1.48. The van der Waals surface area contributed by atoms with Gasteiger partial charge >= 0.3 is 0 Å². The molecule has 0 amide bonds. The maximum absolute atomic E-state index is 10.8. The molecule has 70 valence electrons. The van der Waals surface area contributed by atoms with E-state index < -0.39 is 5.24 Å². The summed E-state index contributed by atoms with van der Waals surface area (Å²) in [5, 5.41) is -0.407. The molecule has 0 heterocycles. The second-order valence-corrected chi connectivity index (χ2v) is 3.52. The van der Waals surface area contributed by atoms with Crippen LogP contribution >= 0.6 is 11.6 Å². The van der Waals surface area contributed by atoms with Gasteiger partial charge in [-0.25, -0.2) is 0 Å². The first-order valence-electron chi connectivity index (χ1n) is 4.43. The number of hydrogen-bond donors (Lipinski definition) is 0. The summed E-state index contributed by atoms with van der Waals surface area (Å²) >= 11 is 5.35. The van der Waals surface area contributed by atoms with E-state index in [4.69, 9.17) is 11.6 Å². The van der Waals surface area contributed by atoms with E-state index in [1.54, 1.807) is 12.1 Å². The van der Waals surface area contributed by atoms with Gasteiger partial charge in [-0.05, 0) is 41.3 Å². The predicted molar refractivity (Wildman–Crippen MR) is 58.4 cm³/mol. The van der Waals surface area contributed by atoms with Crippen LogP contribution in [0.15, 0.2) is 42.5 Å². The summed E-state index contributed by atoms with van der Waals surface area (Å²) in [7, 11) is 0. The Morgan fingerprint density at radius 1 is 1.21 bits per heavy atom. The van der Waals surface area contributed by atoms with Crippen LogP contribution in [0.4, 0.5) is 0 Å². The van der Waals surface area contributed by atoms with E-state index >= 15 is 0 Å². The molecule has 0 aromatic heterocycles. The van der Waals surface area contributed by atoms with Gasteiger partial charge in [0.1, 0.15) is 0 Å². The van der Waals surface area contributed by atoms with Crippen molar-refractivity contribution in [3.63, 3.8) is 0 Å². The molecule has 0 atom stereocenters. The van der Waals surface area contributed by atoms with Gasteiger partial charge < -0.3 is 0 Å². The van der Waals surface area contributed by atoms with Crippen LogP contribution in [0.5, 0.6) is 0 Å². The number of halogens is 1. The van der Waals surface area contributed by atoms with Crippen LogP contribution in [0.2, 0.25) is 0 Å². The molecule has 14 heavy (non-hydrogen) atoms. The minimum absolute atomic E-state index is 0.407. The highest BCUT2D eigenvalue weighted by atomic mass is 35.5. The second kappa shape index (κ2) is 3.81. The fraction of sp³-hybridized carbons (Fsp3) is 0.0833. The van der Waals surface area contributed by atoms with Crippen LogP contribution in [-0.4, -0.2) is 5.24 Å². The average Bonchev–Trinajstić information content (AvgIpc) is 2.71. The molecule has 0 bridgehead atoms. The molecular weight excluding hydrogens is 196 g/mol. The van der Waals surface area contributed by atoms with Crippen LogP contribution in [0.1, 0.15) is 22.3 Å². The van der Waals surface area contributed by atoms with E-state index in [1.807, 2.05) is 18.2 Å². The van der Waals surface area contributed by atoms with Crippen LogP contribution in [-0.2, 0) is 0 Å². The van der Waals surface area contributed by atoms with Crippen molar-refractivity contribution in [1.29, 1.82) is 0 Å². The summed E-state index contributed by atoms with van der Waals surface area (Å²) in [6, 6.07) is 7.36. The van der Waals surface area contributed by atoms with Crippen molar-refractivity contribution in [1.82, 2.24) is 0 Å². The van der Waals surface area contributed by atoms with E-state index in [0.717, 1.165) is 12.0 Å². The summed E-state index contributed by atoms with van der Waals surface area (Å²) < 4.78 is 0. The van der Waals surface area contributed by atoms with Crippen molar-refractivity contribution in [3.05, 3.63) is 53.6 Å². The average molecular weight is 205 g/mol. The zero-order chi connectivity index (χ0) is 9.97. The maximum atomic E-state index is 10.8. The first-order valence-corrected chi connectivity index (χ1v) is 4.81. The number of carbonyl (C=O) groups is 1. The van der Waals surface area contributed by atoms with Crippen molar-refractivity contribution in [2.24, 2.45) is 0 Å². The normalized spacial score (nSPS) is 14.2. The Balaban J connectivity index is 2.26. The number of allylic oxidation sites excluding steroid dienone is 4. The van der Waals surface area contributed by atoms with E-state index in [9.17, 15) is 4.79 Å². The highest BCUT2D eigenvalue weighted by Crippen LogP contribution is 2.23. The topological polar surface area (TPSA) is 17.1 Å².